The van der Waals surface area contributed by atoms with Gasteiger partial charge >= 0.3 is 6.03 Å². The predicted octanol–water partition coefficient (Wildman–Crippen LogP) is 2.89. The quantitative estimate of drug-likeness (QED) is 0.679. The molecule has 0 spiro atoms. The largest absolute Gasteiger partial charge is 0.508 e. The molecule has 154 valence electrons. The Morgan fingerprint density at radius 3 is 2.14 bits per heavy atom. The number of aromatic hydroxyl groups is 1. The summed E-state index contributed by atoms with van der Waals surface area (Å²) >= 11 is 0. The molecule has 1 heterocycles. The predicted molar refractivity (Wildman–Crippen MR) is 114 cm³/mol. The van der Waals surface area contributed by atoms with Gasteiger partial charge in [-0.2, -0.15) is 0 Å². The van der Waals surface area contributed by atoms with Crippen molar-refractivity contribution < 1.29 is 14.7 Å². The maximum absolute atomic E-state index is 12.7. The first kappa shape index (κ1) is 20.5. The van der Waals surface area contributed by atoms with Crippen LogP contribution in [0.25, 0.3) is 0 Å². The van der Waals surface area contributed by atoms with Gasteiger partial charge in [-0.15, -0.1) is 0 Å². The summed E-state index contributed by atoms with van der Waals surface area (Å²) in [4.78, 5) is 29.4. The minimum absolute atomic E-state index is 0.0679. The van der Waals surface area contributed by atoms with Crippen LogP contribution in [0.4, 0.5) is 16.2 Å². The molecular formula is C22H28N4O3. The smallest absolute Gasteiger partial charge is 0.318 e. The fraction of sp³-hybridized carbons (Fsp3) is 0.364. The summed E-state index contributed by atoms with van der Waals surface area (Å²) in [6, 6.07) is 15.5. The van der Waals surface area contributed by atoms with E-state index >= 15 is 0 Å². The topological polar surface area (TPSA) is 84.9 Å². The monoisotopic (exact) mass is 396 g/mol. The van der Waals surface area contributed by atoms with E-state index in [9.17, 15) is 14.7 Å². The van der Waals surface area contributed by atoms with Crippen molar-refractivity contribution in [1.82, 2.24) is 10.2 Å². The van der Waals surface area contributed by atoms with E-state index < -0.39 is 6.04 Å². The van der Waals surface area contributed by atoms with Crippen molar-refractivity contribution in [3.05, 3.63) is 54.6 Å². The molecule has 0 bridgehead atoms. The van der Waals surface area contributed by atoms with E-state index in [0.717, 1.165) is 18.8 Å². The first-order valence-electron chi connectivity index (χ1n) is 9.89. The third-order valence-corrected chi connectivity index (χ3v) is 5.05. The number of hydrogen-bond acceptors (Lipinski definition) is 4. The van der Waals surface area contributed by atoms with Crippen LogP contribution in [-0.2, 0) is 4.79 Å². The van der Waals surface area contributed by atoms with E-state index in [0.29, 0.717) is 18.8 Å². The average molecular weight is 396 g/mol. The van der Waals surface area contributed by atoms with Gasteiger partial charge in [0.25, 0.3) is 0 Å². The van der Waals surface area contributed by atoms with Gasteiger partial charge < -0.3 is 25.5 Å². The number of nitrogens with zero attached hydrogens (tertiary/aromatic N) is 2. The Bertz CT molecular complexity index is 816. The highest BCUT2D eigenvalue weighted by Gasteiger charge is 2.28. The van der Waals surface area contributed by atoms with Gasteiger partial charge in [0, 0.05) is 37.6 Å². The molecule has 1 fully saturated rings. The van der Waals surface area contributed by atoms with Crippen LogP contribution in [0.5, 0.6) is 5.75 Å². The zero-order chi connectivity index (χ0) is 20.8. The molecular weight excluding hydrogens is 368 g/mol. The van der Waals surface area contributed by atoms with Crippen molar-refractivity contribution in [2.24, 2.45) is 5.92 Å². The lowest BCUT2D eigenvalue weighted by atomic mass is 10.0. The molecule has 29 heavy (non-hydrogen) atoms. The van der Waals surface area contributed by atoms with Crippen molar-refractivity contribution in [3.63, 3.8) is 0 Å². The van der Waals surface area contributed by atoms with E-state index in [1.54, 1.807) is 17.0 Å². The summed E-state index contributed by atoms with van der Waals surface area (Å²) in [5.74, 6) is -0.213. The molecule has 3 N–H and O–H groups in total. The molecule has 1 aliphatic rings. The van der Waals surface area contributed by atoms with Gasteiger partial charge in [-0.05, 0) is 42.3 Å². The summed E-state index contributed by atoms with van der Waals surface area (Å²) in [6.07, 6.45) is 0. The lowest BCUT2D eigenvalue weighted by Gasteiger charge is -2.37. The third-order valence-electron chi connectivity index (χ3n) is 5.05. The number of benzene rings is 2. The first-order valence-corrected chi connectivity index (χ1v) is 9.89. The fourth-order valence-electron chi connectivity index (χ4n) is 3.33. The van der Waals surface area contributed by atoms with E-state index in [4.69, 9.17) is 0 Å². The van der Waals surface area contributed by atoms with Gasteiger partial charge in [0.05, 0.1) is 0 Å². The fourth-order valence-corrected chi connectivity index (χ4v) is 3.33. The van der Waals surface area contributed by atoms with E-state index in [1.165, 1.54) is 12.1 Å². The number of carbonyl (C=O) groups excluding carboxylic acids is 2. The number of piperazine rings is 1. The molecule has 3 amide bonds. The van der Waals surface area contributed by atoms with Gasteiger partial charge in [0.15, 0.2) is 0 Å². The lowest BCUT2D eigenvalue weighted by Crippen LogP contribution is -2.56. The number of urea groups is 1. The Balaban J connectivity index is 1.55. The third kappa shape index (κ3) is 5.40. The summed E-state index contributed by atoms with van der Waals surface area (Å²) in [6.45, 7) is 6.51. The second-order valence-corrected chi connectivity index (χ2v) is 7.52. The molecule has 7 heteroatoms. The number of para-hydroxylation sites is 1. The zero-order valence-corrected chi connectivity index (χ0v) is 16.8. The molecule has 0 aliphatic carbocycles. The Hall–Kier alpha value is -3.22. The van der Waals surface area contributed by atoms with Crippen molar-refractivity contribution in [2.75, 3.05) is 36.4 Å². The van der Waals surface area contributed by atoms with Gasteiger partial charge in [0.2, 0.25) is 5.91 Å². The molecule has 2 aromatic carbocycles. The van der Waals surface area contributed by atoms with Crippen LogP contribution < -0.4 is 15.5 Å². The Morgan fingerprint density at radius 1 is 0.931 bits per heavy atom. The highest BCUT2D eigenvalue weighted by molar-refractivity contribution is 5.97. The molecule has 0 aromatic heterocycles. The normalized spacial score (nSPS) is 15.1. The number of phenols is 1. The van der Waals surface area contributed by atoms with Crippen LogP contribution in [0.3, 0.4) is 0 Å². The van der Waals surface area contributed by atoms with Gasteiger partial charge in [0.1, 0.15) is 11.8 Å². The number of carbonyl (C=O) groups is 2. The van der Waals surface area contributed by atoms with E-state index in [-0.39, 0.29) is 23.6 Å². The van der Waals surface area contributed by atoms with Crippen LogP contribution in [0, 0.1) is 5.92 Å². The maximum Gasteiger partial charge on any atom is 0.318 e. The first-order chi connectivity index (χ1) is 13.9. The molecule has 0 saturated carbocycles. The van der Waals surface area contributed by atoms with Crippen molar-refractivity contribution in [3.8, 4) is 5.75 Å². The number of phenolic OH excluding ortho intramolecular Hbond substituents is 1. The minimum Gasteiger partial charge on any atom is -0.508 e. The molecule has 0 radical (unpaired) electrons. The summed E-state index contributed by atoms with van der Waals surface area (Å²) in [5.41, 5.74) is 1.73. The number of rotatable bonds is 5. The molecule has 2 aromatic rings. The highest BCUT2D eigenvalue weighted by Crippen LogP contribution is 2.17. The number of hydrogen-bond donors (Lipinski definition) is 3. The average Bonchev–Trinajstić information content (AvgIpc) is 2.74. The molecule has 1 unspecified atom stereocenters. The Labute approximate surface area is 171 Å². The molecule has 1 saturated heterocycles. The molecule has 3 rings (SSSR count). The summed E-state index contributed by atoms with van der Waals surface area (Å²) < 4.78 is 0. The second-order valence-electron chi connectivity index (χ2n) is 7.52. The van der Waals surface area contributed by atoms with Gasteiger partial charge in [-0.3, -0.25) is 4.79 Å². The lowest BCUT2D eigenvalue weighted by molar-refractivity contribution is -0.118. The maximum atomic E-state index is 12.7. The Morgan fingerprint density at radius 2 is 1.55 bits per heavy atom. The van der Waals surface area contributed by atoms with Crippen molar-refractivity contribution in [2.45, 2.75) is 19.9 Å². The van der Waals surface area contributed by atoms with Crippen LogP contribution in [0.2, 0.25) is 0 Å². The second kappa shape index (κ2) is 9.32. The van der Waals surface area contributed by atoms with Crippen LogP contribution in [0.1, 0.15) is 13.8 Å². The zero-order valence-electron chi connectivity index (χ0n) is 16.8. The van der Waals surface area contributed by atoms with Gasteiger partial charge in [-0.1, -0.05) is 32.0 Å². The SMILES string of the molecule is CC(C)C(NC(=O)N1CCN(c2ccccc2)CC1)C(=O)Nc1ccc(O)cc1. The number of nitrogens with one attached hydrogen (secondary N) is 2. The summed E-state index contributed by atoms with van der Waals surface area (Å²) in [7, 11) is 0. The van der Waals surface area contributed by atoms with Gasteiger partial charge in [-0.25, -0.2) is 4.79 Å². The standard InChI is InChI=1S/C22H28N4O3/c1-16(2)20(21(28)23-17-8-10-19(27)11-9-17)24-22(29)26-14-12-25(13-15-26)18-6-4-3-5-7-18/h3-11,16,20,27H,12-15H2,1-2H3,(H,23,28)(H,24,29). The van der Waals surface area contributed by atoms with Crippen molar-refractivity contribution in [1.29, 1.82) is 0 Å². The molecule has 1 aliphatic heterocycles. The molecule has 7 nitrogen and oxygen atoms in total. The minimum atomic E-state index is -0.650. The van der Waals surface area contributed by atoms with Crippen LogP contribution in [-0.4, -0.2) is 54.2 Å². The number of amides is 3. The van der Waals surface area contributed by atoms with Crippen LogP contribution >= 0.6 is 0 Å². The van der Waals surface area contributed by atoms with E-state index in [2.05, 4.69) is 27.7 Å². The van der Waals surface area contributed by atoms with Crippen LogP contribution in [0.15, 0.2) is 54.6 Å². The highest BCUT2D eigenvalue weighted by atomic mass is 16.3. The summed E-state index contributed by atoms with van der Waals surface area (Å²) in [5, 5.41) is 15.0. The van der Waals surface area contributed by atoms with Crippen molar-refractivity contribution >= 4 is 23.3 Å². The van der Waals surface area contributed by atoms with E-state index in [1.807, 2.05) is 32.0 Å². The molecule has 1 atom stereocenters. The number of anilines is 2. The Kier molecular flexibility index (Phi) is 6.59.